The van der Waals surface area contributed by atoms with Crippen molar-refractivity contribution in [2.24, 2.45) is 0 Å². The number of carbonyl (C=O) groups is 1. The number of rotatable bonds is 4. The zero-order valence-electron chi connectivity index (χ0n) is 12.3. The Morgan fingerprint density at radius 3 is 2.33 bits per heavy atom. The normalized spacial score (nSPS) is 10.1. The van der Waals surface area contributed by atoms with Crippen LogP contribution >= 0.6 is 34.2 Å². The predicted octanol–water partition coefficient (Wildman–Crippen LogP) is -0.0777. The Hall–Kier alpha value is -0.264. The zero-order valence-corrected chi connectivity index (χ0v) is 18.2. The molecular formula is C14H9Cl2IMgO5S. The van der Waals surface area contributed by atoms with Crippen molar-refractivity contribution in [3.63, 3.8) is 0 Å². The number of esters is 1. The first-order valence-corrected chi connectivity index (χ1v) is 8.69. The molecule has 0 heterocycles. The average Bonchev–Trinajstić information content (AvgIpc) is 2.48. The van der Waals surface area contributed by atoms with Crippen LogP contribution in [0.1, 0.15) is 10.4 Å². The van der Waals surface area contributed by atoms with E-state index in [-0.39, 0.29) is 51.7 Å². The molecule has 2 rings (SSSR count). The van der Waals surface area contributed by atoms with E-state index in [0.29, 0.717) is 8.59 Å². The van der Waals surface area contributed by atoms with Crippen molar-refractivity contribution in [2.75, 3.05) is 7.11 Å². The monoisotopic (exact) mass is 510 g/mol. The summed E-state index contributed by atoms with van der Waals surface area (Å²) in [4.78, 5) is 11.4. The number of hydrogen-bond donors (Lipinski definition) is 0. The Balaban J connectivity index is 0.00000264. The summed E-state index contributed by atoms with van der Waals surface area (Å²) in [6, 6.07) is 11.0. The Labute approximate surface area is 180 Å². The molecule has 0 aliphatic heterocycles. The first-order valence-electron chi connectivity index (χ1n) is 5.83. The van der Waals surface area contributed by atoms with E-state index in [1.807, 2.05) is 22.6 Å². The van der Waals surface area contributed by atoms with Crippen molar-refractivity contribution < 1.29 is 34.5 Å². The van der Waals surface area contributed by atoms with Gasteiger partial charge < -0.3 is 21.3 Å². The molecule has 0 saturated heterocycles. The minimum atomic E-state index is -4.00. The summed E-state index contributed by atoms with van der Waals surface area (Å²) >= 11 is 7.57. The molecule has 0 bridgehead atoms. The molecule has 0 radical (unpaired) electrons. The zero-order chi connectivity index (χ0) is 16.3. The van der Waals surface area contributed by atoms with Crippen LogP contribution in [0.4, 0.5) is 0 Å². The van der Waals surface area contributed by atoms with Gasteiger partial charge in [0.2, 0.25) is 0 Å². The van der Waals surface area contributed by atoms with Crippen LogP contribution in [0.5, 0.6) is 5.75 Å². The molecule has 2 aromatic carbocycles. The molecule has 0 N–H and O–H groups in total. The van der Waals surface area contributed by atoms with Crippen LogP contribution < -0.4 is 16.6 Å². The number of methoxy groups -OCH3 is 1. The van der Waals surface area contributed by atoms with Crippen LogP contribution in [0.3, 0.4) is 0 Å². The third-order valence-electron chi connectivity index (χ3n) is 2.57. The van der Waals surface area contributed by atoms with E-state index in [2.05, 4.69) is 10.8 Å². The van der Waals surface area contributed by atoms with Crippen molar-refractivity contribution in [1.82, 2.24) is 0 Å². The number of carbonyl (C=O) groups excluding carboxylic acids is 1. The molecule has 24 heavy (non-hydrogen) atoms. The molecule has 2 aromatic rings. The van der Waals surface area contributed by atoms with E-state index in [9.17, 15) is 13.2 Å². The van der Waals surface area contributed by atoms with Crippen molar-refractivity contribution in [3.8, 4) is 5.75 Å². The third-order valence-corrected chi connectivity index (χ3v) is 4.86. The topological polar surface area (TPSA) is 69.7 Å². The van der Waals surface area contributed by atoms with Crippen LogP contribution in [-0.2, 0) is 14.9 Å². The predicted molar refractivity (Wildman–Crippen MR) is 94.4 cm³/mol. The van der Waals surface area contributed by atoms with Crippen LogP contribution in [0.2, 0.25) is 5.02 Å². The number of halogens is 3. The van der Waals surface area contributed by atoms with Gasteiger partial charge in [-0.05, 0) is 29.8 Å². The Bertz CT molecular complexity index is 812. The van der Waals surface area contributed by atoms with Gasteiger partial charge in [0, 0.05) is 10.8 Å². The first-order chi connectivity index (χ1) is 10.3. The number of hydrogen-bond acceptors (Lipinski definition) is 5. The molecule has 5 nitrogen and oxygen atoms in total. The SMILES string of the molecule is COC(=O)c1c[c-]c(OS(=O)(=O)c2ccc(Cl)cc2)c(I)c1.[Cl-].[Mg+2]. The van der Waals surface area contributed by atoms with E-state index < -0.39 is 16.1 Å². The summed E-state index contributed by atoms with van der Waals surface area (Å²) in [5.41, 5.74) is 0.253. The van der Waals surface area contributed by atoms with Gasteiger partial charge in [-0.25, -0.2) is 0 Å². The third kappa shape index (κ3) is 5.92. The van der Waals surface area contributed by atoms with Crippen LogP contribution in [0, 0.1) is 9.64 Å². The van der Waals surface area contributed by atoms with Gasteiger partial charge in [0.1, 0.15) is 4.90 Å². The average molecular weight is 511 g/mol. The smallest absolute Gasteiger partial charge is 1.00 e. The fraction of sp³-hybridized carbons (Fsp3) is 0.0714. The molecule has 0 aromatic heterocycles. The molecular weight excluding hydrogens is 502 g/mol. The van der Waals surface area contributed by atoms with Crippen molar-refractivity contribution in [1.29, 1.82) is 0 Å². The molecule has 0 saturated carbocycles. The van der Waals surface area contributed by atoms with Crippen LogP contribution in [0.15, 0.2) is 41.3 Å². The second-order valence-electron chi connectivity index (χ2n) is 4.05. The summed E-state index contributed by atoms with van der Waals surface area (Å²) in [7, 11) is -2.75. The van der Waals surface area contributed by atoms with Crippen molar-refractivity contribution in [3.05, 3.63) is 56.6 Å². The van der Waals surface area contributed by atoms with E-state index in [1.165, 1.54) is 43.5 Å². The summed E-state index contributed by atoms with van der Waals surface area (Å²) < 4.78 is 34.4. The second-order valence-corrected chi connectivity index (χ2v) is 7.19. The molecule has 124 valence electrons. The molecule has 0 aliphatic carbocycles. The van der Waals surface area contributed by atoms with Gasteiger partial charge in [-0.2, -0.15) is 14.5 Å². The van der Waals surface area contributed by atoms with Gasteiger partial charge in [-0.3, -0.25) is 4.79 Å². The minimum Gasteiger partial charge on any atom is -1.00 e. The number of ether oxygens (including phenoxy) is 1. The van der Waals surface area contributed by atoms with Gasteiger partial charge in [0.15, 0.2) is 0 Å². The van der Waals surface area contributed by atoms with Crippen molar-refractivity contribution >= 4 is 73.3 Å². The Kier molecular flexibility index (Phi) is 9.91. The van der Waals surface area contributed by atoms with Gasteiger partial charge in [0.05, 0.1) is 7.11 Å². The fourth-order valence-corrected chi connectivity index (χ4v) is 3.31. The largest absolute Gasteiger partial charge is 2.00 e. The van der Waals surface area contributed by atoms with Gasteiger partial charge in [-0.1, -0.05) is 15.2 Å². The fourth-order valence-electron chi connectivity index (χ4n) is 1.51. The van der Waals surface area contributed by atoms with E-state index in [1.54, 1.807) is 0 Å². The van der Waals surface area contributed by atoms with Gasteiger partial charge >= 0.3 is 33.2 Å². The standard InChI is InChI=1S/C14H9ClIO5S.ClH.Mg/c1-20-14(17)9-2-7-13(12(16)8-9)21-22(18,19)11-5-3-10(15)4-6-11;;/h2-6,8H,1H3;1H;/q-1;;+2/p-1. The maximum absolute atomic E-state index is 12.2. The van der Waals surface area contributed by atoms with Crippen molar-refractivity contribution in [2.45, 2.75) is 4.90 Å². The summed E-state index contributed by atoms with van der Waals surface area (Å²) in [5, 5.41) is 0.419. The molecule has 0 fully saturated rings. The molecule has 0 atom stereocenters. The summed E-state index contributed by atoms with van der Waals surface area (Å²) in [6.07, 6.45) is 0. The number of benzene rings is 2. The molecule has 10 heteroatoms. The second kappa shape index (κ2) is 10.0. The molecule has 0 unspecified atom stereocenters. The quantitative estimate of drug-likeness (QED) is 0.189. The minimum absolute atomic E-state index is 0. The van der Waals surface area contributed by atoms with E-state index in [4.69, 9.17) is 15.8 Å². The molecule has 0 amide bonds. The Morgan fingerprint density at radius 2 is 1.83 bits per heavy atom. The molecule has 0 spiro atoms. The maximum Gasteiger partial charge on any atom is 2.00 e. The first kappa shape index (κ1) is 23.7. The van der Waals surface area contributed by atoms with E-state index >= 15 is 0 Å². The van der Waals surface area contributed by atoms with Gasteiger partial charge in [-0.15, -0.1) is 34.7 Å². The molecule has 0 aliphatic rings. The Morgan fingerprint density at radius 1 is 1.25 bits per heavy atom. The maximum atomic E-state index is 12.2. The summed E-state index contributed by atoms with van der Waals surface area (Å²) in [6.45, 7) is 0. The van der Waals surface area contributed by atoms with Crippen LogP contribution in [-0.4, -0.2) is 44.5 Å². The van der Waals surface area contributed by atoms with E-state index in [0.717, 1.165) is 0 Å². The van der Waals surface area contributed by atoms with Gasteiger partial charge in [0.25, 0.3) is 5.97 Å². The van der Waals surface area contributed by atoms with Crippen LogP contribution in [0.25, 0.3) is 0 Å². The summed E-state index contributed by atoms with van der Waals surface area (Å²) in [5.74, 6) is -0.538.